The van der Waals surface area contributed by atoms with Gasteiger partial charge in [-0.3, -0.25) is 19.6 Å². The van der Waals surface area contributed by atoms with Gasteiger partial charge in [0.15, 0.2) is 0 Å². The Labute approximate surface area is 200 Å². The van der Waals surface area contributed by atoms with E-state index in [1.165, 1.54) is 4.90 Å². The summed E-state index contributed by atoms with van der Waals surface area (Å²) in [6.45, 7) is 4.39. The smallest absolute Gasteiger partial charge is 0.330 e. The van der Waals surface area contributed by atoms with Gasteiger partial charge in [0.25, 0.3) is 5.91 Å². The Kier molecular flexibility index (Phi) is 6.23. The van der Waals surface area contributed by atoms with Crippen molar-refractivity contribution in [3.63, 3.8) is 0 Å². The average Bonchev–Trinajstić information content (AvgIpc) is 3.52. The largest absolute Gasteiger partial charge is 0.497 e. The fourth-order valence-electron chi connectivity index (χ4n) is 3.99. The number of piperazine rings is 1. The van der Waals surface area contributed by atoms with Gasteiger partial charge >= 0.3 is 6.03 Å². The van der Waals surface area contributed by atoms with Crippen molar-refractivity contribution >= 4 is 45.5 Å². The van der Waals surface area contributed by atoms with Crippen LogP contribution in [0.15, 0.2) is 42.7 Å². The van der Waals surface area contributed by atoms with E-state index < -0.39 is 0 Å². The number of carbonyl (C=O) groups is 2. The predicted molar refractivity (Wildman–Crippen MR) is 130 cm³/mol. The lowest BCUT2D eigenvalue weighted by atomic mass is 10.2. The Morgan fingerprint density at radius 2 is 1.94 bits per heavy atom. The highest BCUT2D eigenvalue weighted by Crippen LogP contribution is 2.30. The molecule has 0 saturated carbocycles. The Balaban J connectivity index is 1.29. The minimum atomic E-state index is -0.385. The van der Waals surface area contributed by atoms with Gasteiger partial charge in [-0.1, -0.05) is 17.4 Å². The molecule has 2 aliphatic rings. The quantitative estimate of drug-likeness (QED) is 0.551. The van der Waals surface area contributed by atoms with Crippen LogP contribution in [-0.2, 0) is 0 Å². The molecule has 11 nitrogen and oxygen atoms in total. The molecule has 1 aromatic carbocycles. The first kappa shape index (κ1) is 22.0. The monoisotopic (exact) mass is 480 g/mol. The molecule has 0 unspecified atom stereocenters. The maximum Gasteiger partial charge on any atom is 0.330 e. The number of aromatic nitrogens is 3. The SMILES string of the molecule is COc1cccc(N2CCN(c3nnc(C(=O)Nc4cnccc4N4CCNCC4)s3)C2=O)c1. The highest BCUT2D eigenvalue weighted by molar-refractivity contribution is 7.17. The van der Waals surface area contributed by atoms with Gasteiger partial charge in [-0.15, -0.1) is 10.2 Å². The fraction of sp³-hybridized carbons (Fsp3) is 0.318. The molecule has 3 aromatic rings. The summed E-state index contributed by atoms with van der Waals surface area (Å²) in [5.41, 5.74) is 2.28. The lowest BCUT2D eigenvalue weighted by Crippen LogP contribution is -2.43. The van der Waals surface area contributed by atoms with E-state index in [0.29, 0.717) is 29.7 Å². The normalized spacial score (nSPS) is 16.1. The molecule has 2 aromatic heterocycles. The zero-order valence-electron chi connectivity index (χ0n) is 18.6. The van der Waals surface area contributed by atoms with E-state index in [-0.39, 0.29) is 16.9 Å². The summed E-state index contributed by atoms with van der Waals surface area (Å²) in [6, 6.07) is 9.00. The lowest BCUT2D eigenvalue weighted by molar-refractivity contribution is 0.102. The van der Waals surface area contributed by atoms with Crippen LogP contribution in [0, 0.1) is 0 Å². The highest BCUT2D eigenvalue weighted by Gasteiger charge is 2.33. The molecule has 4 heterocycles. The van der Waals surface area contributed by atoms with E-state index in [0.717, 1.165) is 48.9 Å². The van der Waals surface area contributed by atoms with Gasteiger partial charge in [-0.05, 0) is 18.2 Å². The molecule has 2 saturated heterocycles. The van der Waals surface area contributed by atoms with Gasteiger partial charge in [0.05, 0.1) is 24.7 Å². The fourth-order valence-corrected chi connectivity index (χ4v) is 4.75. The number of nitrogens with zero attached hydrogens (tertiary/aromatic N) is 6. The molecular weight excluding hydrogens is 456 g/mol. The third-order valence-corrected chi connectivity index (χ3v) is 6.66. The number of rotatable bonds is 6. The van der Waals surface area contributed by atoms with Crippen LogP contribution in [0.4, 0.5) is 27.0 Å². The second kappa shape index (κ2) is 9.61. The number of pyridine rings is 1. The number of benzene rings is 1. The molecule has 0 spiro atoms. The molecule has 2 fully saturated rings. The number of hydrogen-bond acceptors (Lipinski definition) is 9. The van der Waals surface area contributed by atoms with Crippen molar-refractivity contribution in [3.05, 3.63) is 47.7 Å². The zero-order valence-corrected chi connectivity index (χ0v) is 19.4. The van der Waals surface area contributed by atoms with Crippen LogP contribution in [0.5, 0.6) is 5.75 Å². The average molecular weight is 481 g/mol. The van der Waals surface area contributed by atoms with Gasteiger partial charge in [0.2, 0.25) is 10.1 Å². The van der Waals surface area contributed by atoms with Crippen LogP contribution in [0.3, 0.4) is 0 Å². The molecule has 0 aliphatic carbocycles. The van der Waals surface area contributed by atoms with Crippen LogP contribution in [0.2, 0.25) is 0 Å². The minimum Gasteiger partial charge on any atom is -0.497 e. The standard InChI is InChI=1S/C22H24N8O3S/c1-33-16-4-2-3-15(13-16)29-11-12-30(22(29)32)21-27-26-20(34-21)19(31)25-17-14-24-6-5-18(17)28-9-7-23-8-10-28/h2-6,13-14,23H,7-12H2,1H3,(H,25,31). The van der Waals surface area contributed by atoms with Crippen molar-refractivity contribution in [1.82, 2.24) is 20.5 Å². The summed E-state index contributed by atoms with van der Waals surface area (Å²) >= 11 is 1.08. The van der Waals surface area contributed by atoms with E-state index in [1.807, 2.05) is 30.3 Å². The Morgan fingerprint density at radius 3 is 2.76 bits per heavy atom. The third-order valence-electron chi connectivity index (χ3n) is 5.72. The Morgan fingerprint density at radius 1 is 1.12 bits per heavy atom. The molecule has 2 N–H and O–H groups in total. The van der Waals surface area contributed by atoms with Crippen molar-refractivity contribution in [3.8, 4) is 5.75 Å². The summed E-state index contributed by atoms with van der Waals surface area (Å²) in [5, 5.41) is 14.9. The predicted octanol–water partition coefficient (Wildman–Crippen LogP) is 2.05. The maximum absolute atomic E-state index is 13.0. The van der Waals surface area contributed by atoms with Gasteiger partial charge in [-0.2, -0.15) is 0 Å². The number of carbonyl (C=O) groups excluding carboxylic acids is 2. The minimum absolute atomic E-state index is 0.178. The molecule has 0 bridgehead atoms. The summed E-state index contributed by atoms with van der Waals surface area (Å²) < 4.78 is 5.26. The molecule has 34 heavy (non-hydrogen) atoms. The number of anilines is 4. The van der Waals surface area contributed by atoms with Crippen molar-refractivity contribution in [2.24, 2.45) is 0 Å². The molecule has 5 rings (SSSR count). The molecule has 0 radical (unpaired) electrons. The molecule has 0 atom stereocenters. The Hall–Kier alpha value is -3.77. The van der Waals surface area contributed by atoms with E-state index >= 15 is 0 Å². The van der Waals surface area contributed by atoms with E-state index in [4.69, 9.17) is 4.74 Å². The first-order valence-electron chi connectivity index (χ1n) is 10.9. The van der Waals surface area contributed by atoms with Gasteiger partial charge < -0.3 is 20.3 Å². The summed E-state index contributed by atoms with van der Waals surface area (Å²) in [7, 11) is 1.59. The van der Waals surface area contributed by atoms with Crippen LogP contribution in [-0.4, -0.2) is 73.5 Å². The lowest BCUT2D eigenvalue weighted by Gasteiger charge is -2.30. The van der Waals surface area contributed by atoms with Crippen molar-refractivity contribution in [2.45, 2.75) is 0 Å². The van der Waals surface area contributed by atoms with Crippen molar-refractivity contribution < 1.29 is 14.3 Å². The van der Waals surface area contributed by atoms with Crippen LogP contribution < -0.4 is 30.1 Å². The van der Waals surface area contributed by atoms with Gasteiger partial charge in [0, 0.05) is 57.2 Å². The number of methoxy groups -OCH3 is 1. The van der Waals surface area contributed by atoms with Crippen molar-refractivity contribution in [2.75, 3.05) is 66.4 Å². The second-order valence-electron chi connectivity index (χ2n) is 7.76. The summed E-state index contributed by atoms with van der Waals surface area (Å²) in [4.78, 5) is 35.5. The highest BCUT2D eigenvalue weighted by atomic mass is 32.1. The number of hydrogen-bond donors (Lipinski definition) is 2. The second-order valence-corrected chi connectivity index (χ2v) is 8.72. The van der Waals surface area contributed by atoms with Crippen LogP contribution >= 0.6 is 11.3 Å². The first-order chi connectivity index (χ1) is 16.6. The molecule has 3 amide bonds. The zero-order chi connectivity index (χ0) is 23.5. The number of ether oxygens (including phenoxy) is 1. The molecule has 2 aliphatic heterocycles. The number of amides is 3. The topological polar surface area (TPSA) is 116 Å². The maximum atomic E-state index is 13.0. The van der Waals surface area contributed by atoms with E-state index in [9.17, 15) is 9.59 Å². The van der Waals surface area contributed by atoms with E-state index in [1.54, 1.807) is 24.4 Å². The van der Waals surface area contributed by atoms with Crippen molar-refractivity contribution in [1.29, 1.82) is 0 Å². The molecule has 176 valence electrons. The van der Waals surface area contributed by atoms with Gasteiger partial charge in [0.1, 0.15) is 5.75 Å². The van der Waals surface area contributed by atoms with Crippen LogP contribution in [0.25, 0.3) is 0 Å². The number of urea groups is 1. The molecule has 12 heteroatoms. The third kappa shape index (κ3) is 4.37. The molecular formula is C22H24N8O3S. The van der Waals surface area contributed by atoms with E-state index in [2.05, 4.69) is 30.7 Å². The van der Waals surface area contributed by atoms with Gasteiger partial charge in [-0.25, -0.2) is 4.79 Å². The first-order valence-corrected chi connectivity index (χ1v) is 11.7. The summed E-state index contributed by atoms with van der Waals surface area (Å²) in [5.74, 6) is 0.290. The Bertz CT molecular complexity index is 1200. The number of nitrogens with one attached hydrogen (secondary N) is 2. The van der Waals surface area contributed by atoms with Crippen LogP contribution in [0.1, 0.15) is 9.80 Å². The summed E-state index contributed by atoms with van der Waals surface area (Å²) in [6.07, 6.45) is 3.34.